The fraction of sp³-hybridized carbons (Fsp3) is 0.214. The van der Waals surface area contributed by atoms with Gasteiger partial charge in [-0.25, -0.2) is 9.59 Å². The summed E-state index contributed by atoms with van der Waals surface area (Å²) in [6.45, 7) is 0.0968. The standard InChI is InChI=1S/C14H14N2O4S/c17-13(18)12(6-11-7-15-9-21-11)16-14(19)20-8-10-4-2-1-3-5-10/h1-5,7,9,12H,6,8H2,(H,16,19)(H,17,18)/t12-/m0/s1. The number of benzene rings is 1. The molecule has 1 atom stereocenters. The minimum atomic E-state index is -1.11. The molecule has 1 aromatic heterocycles. The Morgan fingerprint density at radius 2 is 2.10 bits per heavy atom. The Balaban J connectivity index is 1.85. The molecule has 0 aliphatic rings. The molecule has 110 valence electrons. The van der Waals surface area contributed by atoms with Crippen molar-refractivity contribution < 1.29 is 19.4 Å². The topological polar surface area (TPSA) is 88.5 Å². The first-order valence-electron chi connectivity index (χ1n) is 6.22. The highest BCUT2D eigenvalue weighted by Crippen LogP contribution is 2.09. The van der Waals surface area contributed by atoms with E-state index in [2.05, 4.69) is 10.3 Å². The van der Waals surface area contributed by atoms with Gasteiger partial charge in [-0.3, -0.25) is 4.98 Å². The fourth-order valence-electron chi connectivity index (χ4n) is 1.65. The summed E-state index contributed by atoms with van der Waals surface area (Å²) in [5.41, 5.74) is 2.45. The van der Waals surface area contributed by atoms with Crippen LogP contribution in [0, 0.1) is 0 Å². The second kappa shape index (κ2) is 7.39. The number of ether oxygens (including phenoxy) is 1. The van der Waals surface area contributed by atoms with Crippen LogP contribution in [0.3, 0.4) is 0 Å². The van der Waals surface area contributed by atoms with Crippen LogP contribution in [-0.4, -0.2) is 28.2 Å². The van der Waals surface area contributed by atoms with E-state index >= 15 is 0 Å². The first-order chi connectivity index (χ1) is 10.1. The molecule has 0 saturated carbocycles. The number of hydrogen-bond acceptors (Lipinski definition) is 5. The molecule has 1 heterocycles. The van der Waals surface area contributed by atoms with Crippen LogP contribution >= 0.6 is 11.3 Å². The quantitative estimate of drug-likeness (QED) is 0.853. The van der Waals surface area contributed by atoms with E-state index in [1.165, 1.54) is 11.3 Å². The molecule has 0 saturated heterocycles. The number of aromatic nitrogens is 1. The third-order valence-corrected chi connectivity index (χ3v) is 3.49. The van der Waals surface area contributed by atoms with Crippen LogP contribution in [0.1, 0.15) is 10.4 Å². The van der Waals surface area contributed by atoms with Gasteiger partial charge in [0.15, 0.2) is 0 Å². The molecular weight excluding hydrogens is 292 g/mol. The lowest BCUT2D eigenvalue weighted by Crippen LogP contribution is -2.42. The molecule has 0 bridgehead atoms. The van der Waals surface area contributed by atoms with Gasteiger partial charge < -0.3 is 15.2 Å². The Labute approximate surface area is 125 Å². The van der Waals surface area contributed by atoms with Crippen LogP contribution in [0.5, 0.6) is 0 Å². The lowest BCUT2D eigenvalue weighted by molar-refractivity contribution is -0.139. The van der Waals surface area contributed by atoms with Gasteiger partial charge in [0, 0.05) is 17.5 Å². The zero-order chi connectivity index (χ0) is 15.1. The maximum atomic E-state index is 11.7. The number of carboxylic acids is 1. The molecular formula is C14H14N2O4S. The molecule has 6 nitrogen and oxygen atoms in total. The number of alkyl carbamates (subject to hydrolysis) is 1. The predicted octanol–water partition coefficient (Wildman–Crippen LogP) is 2.07. The Hall–Kier alpha value is -2.41. The van der Waals surface area contributed by atoms with Crippen molar-refractivity contribution in [2.75, 3.05) is 0 Å². The molecule has 2 aromatic rings. The summed E-state index contributed by atoms with van der Waals surface area (Å²) in [4.78, 5) is 27.5. The van der Waals surface area contributed by atoms with Gasteiger partial charge in [0.2, 0.25) is 0 Å². The molecule has 0 spiro atoms. The SMILES string of the molecule is O=C(N[C@@H](Cc1cncs1)C(=O)O)OCc1ccccc1. The van der Waals surface area contributed by atoms with Crippen LogP contribution in [0.2, 0.25) is 0 Å². The van der Waals surface area contributed by atoms with Crippen LogP contribution in [0.25, 0.3) is 0 Å². The minimum Gasteiger partial charge on any atom is -0.480 e. The largest absolute Gasteiger partial charge is 0.480 e. The van der Waals surface area contributed by atoms with E-state index in [9.17, 15) is 9.59 Å². The maximum absolute atomic E-state index is 11.7. The lowest BCUT2D eigenvalue weighted by atomic mass is 10.2. The molecule has 1 aromatic carbocycles. The van der Waals surface area contributed by atoms with Crippen molar-refractivity contribution >= 4 is 23.4 Å². The molecule has 1 amide bonds. The first kappa shape index (κ1) is 15.0. The van der Waals surface area contributed by atoms with Crippen LogP contribution in [-0.2, 0) is 22.6 Å². The molecule has 7 heteroatoms. The van der Waals surface area contributed by atoms with Crippen molar-refractivity contribution in [2.24, 2.45) is 0 Å². The van der Waals surface area contributed by atoms with E-state index in [0.717, 1.165) is 10.4 Å². The smallest absolute Gasteiger partial charge is 0.408 e. The monoisotopic (exact) mass is 306 g/mol. The zero-order valence-corrected chi connectivity index (χ0v) is 11.9. The van der Waals surface area contributed by atoms with Crippen LogP contribution < -0.4 is 5.32 Å². The molecule has 2 rings (SSSR count). The number of carboxylic acid groups (broad SMARTS) is 1. The minimum absolute atomic E-state index is 0.0968. The van der Waals surface area contributed by atoms with Gasteiger partial charge in [-0.1, -0.05) is 30.3 Å². The second-order valence-corrected chi connectivity index (χ2v) is 5.24. The van der Waals surface area contributed by atoms with E-state index in [4.69, 9.17) is 9.84 Å². The number of carbonyl (C=O) groups excluding carboxylic acids is 1. The van der Waals surface area contributed by atoms with Gasteiger partial charge in [-0.2, -0.15) is 0 Å². The molecule has 21 heavy (non-hydrogen) atoms. The van der Waals surface area contributed by atoms with E-state index in [-0.39, 0.29) is 13.0 Å². The van der Waals surface area contributed by atoms with Gasteiger partial charge in [-0.05, 0) is 5.56 Å². The predicted molar refractivity (Wildman–Crippen MR) is 77.0 cm³/mol. The van der Waals surface area contributed by atoms with Crippen molar-refractivity contribution in [3.05, 3.63) is 52.5 Å². The zero-order valence-electron chi connectivity index (χ0n) is 11.1. The number of rotatable bonds is 6. The highest BCUT2D eigenvalue weighted by Gasteiger charge is 2.21. The summed E-state index contributed by atoms with van der Waals surface area (Å²) < 4.78 is 5.00. The Kier molecular flexibility index (Phi) is 5.28. The van der Waals surface area contributed by atoms with Crippen molar-refractivity contribution in [3.63, 3.8) is 0 Å². The van der Waals surface area contributed by atoms with E-state index < -0.39 is 18.1 Å². The van der Waals surface area contributed by atoms with Crippen molar-refractivity contribution in [1.82, 2.24) is 10.3 Å². The highest BCUT2D eigenvalue weighted by molar-refractivity contribution is 7.09. The maximum Gasteiger partial charge on any atom is 0.408 e. The number of carbonyl (C=O) groups is 2. The molecule has 0 fully saturated rings. The van der Waals surface area contributed by atoms with E-state index in [0.29, 0.717) is 0 Å². The summed E-state index contributed by atoms with van der Waals surface area (Å²) >= 11 is 1.34. The lowest BCUT2D eigenvalue weighted by Gasteiger charge is -2.13. The Morgan fingerprint density at radius 3 is 2.71 bits per heavy atom. The average molecular weight is 306 g/mol. The highest BCUT2D eigenvalue weighted by atomic mass is 32.1. The number of amides is 1. The third kappa shape index (κ3) is 4.88. The number of nitrogens with zero attached hydrogens (tertiary/aromatic N) is 1. The third-order valence-electron chi connectivity index (χ3n) is 2.69. The summed E-state index contributed by atoms with van der Waals surface area (Å²) in [6.07, 6.45) is 1.01. The Bertz CT molecular complexity index is 586. The van der Waals surface area contributed by atoms with Gasteiger partial charge in [-0.15, -0.1) is 11.3 Å². The normalized spacial score (nSPS) is 11.6. The van der Waals surface area contributed by atoms with Gasteiger partial charge in [0.25, 0.3) is 0 Å². The number of aliphatic carboxylic acids is 1. The fourth-order valence-corrected chi connectivity index (χ4v) is 2.29. The van der Waals surface area contributed by atoms with Crippen molar-refractivity contribution in [3.8, 4) is 0 Å². The molecule has 0 radical (unpaired) electrons. The van der Waals surface area contributed by atoms with Gasteiger partial charge >= 0.3 is 12.1 Å². The van der Waals surface area contributed by atoms with Crippen LogP contribution in [0.15, 0.2) is 42.0 Å². The number of hydrogen-bond donors (Lipinski definition) is 2. The molecule has 0 aliphatic heterocycles. The van der Waals surface area contributed by atoms with E-state index in [1.807, 2.05) is 30.3 Å². The van der Waals surface area contributed by atoms with Gasteiger partial charge in [0.1, 0.15) is 12.6 Å². The van der Waals surface area contributed by atoms with Gasteiger partial charge in [0.05, 0.1) is 5.51 Å². The summed E-state index contributed by atoms with van der Waals surface area (Å²) in [6, 6.07) is 8.13. The molecule has 0 aliphatic carbocycles. The van der Waals surface area contributed by atoms with Crippen molar-refractivity contribution in [2.45, 2.75) is 19.1 Å². The van der Waals surface area contributed by atoms with Crippen molar-refractivity contribution in [1.29, 1.82) is 0 Å². The second-order valence-electron chi connectivity index (χ2n) is 4.27. The molecule has 0 unspecified atom stereocenters. The first-order valence-corrected chi connectivity index (χ1v) is 7.10. The summed E-state index contributed by atoms with van der Waals surface area (Å²) in [5.74, 6) is -1.11. The number of nitrogens with one attached hydrogen (secondary N) is 1. The number of thiazole rings is 1. The average Bonchev–Trinajstić information content (AvgIpc) is 2.98. The van der Waals surface area contributed by atoms with Crippen LogP contribution in [0.4, 0.5) is 4.79 Å². The molecule has 2 N–H and O–H groups in total. The summed E-state index contributed by atoms with van der Waals surface area (Å²) in [7, 11) is 0. The summed E-state index contributed by atoms with van der Waals surface area (Å²) in [5, 5.41) is 11.5. The Morgan fingerprint density at radius 1 is 1.33 bits per heavy atom. The van der Waals surface area contributed by atoms with E-state index in [1.54, 1.807) is 11.7 Å².